The van der Waals surface area contributed by atoms with Gasteiger partial charge in [-0.3, -0.25) is 4.79 Å². The quantitative estimate of drug-likeness (QED) is 0.881. The highest BCUT2D eigenvalue weighted by Crippen LogP contribution is 2.36. The number of aromatic nitrogens is 3. The van der Waals surface area contributed by atoms with Crippen LogP contribution in [0.1, 0.15) is 22.9 Å². The van der Waals surface area contributed by atoms with Gasteiger partial charge < -0.3 is 15.0 Å². The van der Waals surface area contributed by atoms with Crippen LogP contribution in [0.5, 0.6) is 0 Å². The van der Waals surface area contributed by atoms with Gasteiger partial charge in [0.05, 0.1) is 18.7 Å². The number of fused-ring (bicyclic) bond motifs is 1. The molecule has 1 aliphatic heterocycles. The first-order valence-electron chi connectivity index (χ1n) is 7.71. The van der Waals surface area contributed by atoms with E-state index in [4.69, 9.17) is 4.74 Å². The number of carbonyl (C=O) groups excluding carboxylic acids is 2. The van der Waals surface area contributed by atoms with Crippen molar-refractivity contribution in [1.29, 1.82) is 5.26 Å². The Morgan fingerprint density at radius 2 is 2.36 bits per heavy atom. The topological polar surface area (TPSA) is 113 Å². The third-order valence-electron chi connectivity index (χ3n) is 3.72. The summed E-state index contributed by atoms with van der Waals surface area (Å²) in [6.45, 7) is 2.97. The lowest BCUT2D eigenvalue weighted by atomic mass is 10.0. The van der Waals surface area contributed by atoms with Crippen LogP contribution in [0.4, 0.5) is 9.80 Å². The predicted octanol–water partition coefficient (Wildman–Crippen LogP) is 1.36. The highest BCUT2D eigenvalue weighted by Gasteiger charge is 2.28. The Bertz CT molecular complexity index is 823. The molecular formula is C15H16N6O3S. The normalized spacial score (nSPS) is 13.0. The molecule has 2 aromatic rings. The fourth-order valence-corrected chi connectivity index (χ4v) is 3.84. The maximum absolute atomic E-state index is 12.1. The molecule has 3 rings (SSSR count). The summed E-state index contributed by atoms with van der Waals surface area (Å²) in [7, 11) is 0. The molecule has 2 amide bonds. The van der Waals surface area contributed by atoms with Gasteiger partial charge in [0.25, 0.3) is 0 Å². The summed E-state index contributed by atoms with van der Waals surface area (Å²) in [5, 5.41) is 16.6. The van der Waals surface area contributed by atoms with Crippen LogP contribution in [0.3, 0.4) is 0 Å². The van der Waals surface area contributed by atoms with Gasteiger partial charge in [-0.1, -0.05) is 0 Å². The van der Waals surface area contributed by atoms with E-state index >= 15 is 0 Å². The van der Waals surface area contributed by atoms with Gasteiger partial charge in [-0.25, -0.2) is 14.5 Å². The van der Waals surface area contributed by atoms with Crippen molar-refractivity contribution in [1.82, 2.24) is 19.7 Å². The molecule has 0 saturated heterocycles. The van der Waals surface area contributed by atoms with Crippen molar-refractivity contribution < 1.29 is 14.3 Å². The van der Waals surface area contributed by atoms with Gasteiger partial charge >= 0.3 is 6.09 Å². The average Bonchev–Trinajstić information content (AvgIpc) is 3.21. The molecule has 0 fully saturated rings. The van der Waals surface area contributed by atoms with Gasteiger partial charge in [-0.2, -0.15) is 10.4 Å². The molecule has 1 aliphatic rings. The second kappa shape index (κ2) is 7.31. The van der Waals surface area contributed by atoms with Crippen molar-refractivity contribution in [2.24, 2.45) is 0 Å². The highest BCUT2D eigenvalue weighted by atomic mass is 32.1. The number of rotatable bonds is 4. The van der Waals surface area contributed by atoms with E-state index in [0.717, 1.165) is 10.4 Å². The molecule has 0 aliphatic carbocycles. The largest absolute Gasteiger partial charge is 0.450 e. The predicted molar refractivity (Wildman–Crippen MR) is 88.8 cm³/mol. The van der Waals surface area contributed by atoms with E-state index in [1.165, 1.54) is 28.7 Å². The molecule has 0 aromatic carbocycles. The van der Waals surface area contributed by atoms with Gasteiger partial charge in [0.15, 0.2) is 0 Å². The van der Waals surface area contributed by atoms with E-state index in [1.807, 2.05) is 0 Å². The van der Waals surface area contributed by atoms with Gasteiger partial charge in [0, 0.05) is 11.4 Å². The lowest BCUT2D eigenvalue weighted by Crippen LogP contribution is -2.35. The maximum Gasteiger partial charge on any atom is 0.410 e. The van der Waals surface area contributed by atoms with Gasteiger partial charge in [0.2, 0.25) is 5.91 Å². The Morgan fingerprint density at radius 1 is 1.52 bits per heavy atom. The third kappa shape index (κ3) is 3.61. The van der Waals surface area contributed by atoms with E-state index in [2.05, 4.69) is 21.5 Å². The average molecular weight is 360 g/mol. The van der Waals surface area contributed by atoms with Gasteiger partial charge in [-0.05, 0) is 18.9 Å². The SMILES string of the molecule is CCOC(=O)N1CCc2c(sc(NC(=O)Cn3cncn3)c2C#N)C1. The molecule has 25 heavy (non-hydrogen) atoms. The van der Waals surface area contributed by atoms with Crippen molar-refractivity contribution in [2.45, 2.75) is 26.4 Å². The Balaban J connectivity index is 1.75. The summed E-state index contributed by atoms with van der Waals surface area (Å²) in [6.07, 6.45) is 2.99. The Hall–Kier alpha value is -2.93. The van der Waals surface area contributed by atoms with E-state index in [1.54, 1.807) is 11.8 Å². The summed E-state index contributed by atoms with van der Waals surface area (Å²) in [5.41, 5.74) is 1.36. The molecule has 0 atom stereocenters. The van der Waals surface area contributed by atoms with Crippen LogP contribution in [0, 0.1) is 11.3 Å². The molecular weight excluding hydrogens is 344 g/mol. The van der Waals surface area contributed by atoms with Crippen LogP contribution < -0.4 is 5.32 Å². The number of thiophene rings is 1. The number of amides is 2. The van der Waals surface area contributed by atoms with E-state index in [0.29, 0.717) is 36.7 Å². The van der Waals surface area contributed by atoms with Gasteiger partial charge in [-0.15, -0.1) is 11.3 Å². The summed E-state index contributed by atoms with van der Waals surface area (Å²) < 4.78 is 6.42. The zero-order chi connectivity index (χ0) is 17.8. The first kappa shape index (κ1) is 16.9. The summed E-state index contributed by atoms with van der Waals surface area (Å²) >= 11 is 1.32. The summed E-state index contributed by atoms with van der Waals surface area (Å²) in [6, 6.07) is 2.16. The number of nitrogens with zero attached hydrogens (tertiary/aromatic N) is 5. The zero-order valence-corrected chi connectivity index (χ0v) is 14.4. The molecule has 0 unspecified atom stereocenters. The van der Waals surface area contributed by atoms with Crippen molar-refractivity contribution in [2.75, 3.05) is 18.5 Å². The van der Waals surface area contributed by atoms with E-state index < -0.39 is 0 Å². The number of hydrogen-bond donors (Lipinski definition) is 1. The molecule has 0 saturated carbocycles. The van der Waals surface area contributed by atoms with Gasteiger partial charge in [0.1, 0.15) is 30.3 Å². The smallest absolute Gasteiger partial charge is 0.410 e. The maximum atomic E-state index is 12.1. The Labute approximate surface area is 147 Å². The lowest BCUT2D eigenvalue weighted by Gasteiger charge is -2.25. The van der Waals surface area contributed by atoms with Crippen LogP contribution in [-0.2, 0) is 29.0 Å². The molecule has 2 aromatic heterocycles. The lowest BCUT2D eigenvalue weighted by molar-refractivity contribution is -0.116. The van der Waals surface area contributed by atoms with E-state index in [9.17, 15) is 14.9 Å². The molecule has 0 radical (unpaired) electrons. The molecule has 0 bridgehead atoms. The molecule has 3 heterocycles. The Kier molecular flexibility index (Phi) is 4.95. The van der Waals surface area contributed by atoms with Crippen molar-refractivity contribution in [3.05, 3.63) is 28.7 Å². The van der Waals surface area contributed by atoms with Crippen molar-refractivity contribution in [3.8, 4) is 6.07 Å². The number of ether oxygens (including phenoxy) is 1. The number of nitriles is 1. The Morgan fingerprint density at radius 3 is 3.04 bits per heavy atom. The number of anilines is 1. The standard InChI is InChI=1S/C15H16N6O3S/c1-2-24-15(23)20-4-3-10-11(5-16)14(25-12(10)6-20)19-13(22)7-21-9-17-8-18-21/h8-9H,2-4,6-7H2,1H3,(H,19,22). The highest BCUT2D eigenvalue weighted by molar-refractivity contribution is 7.16. The van der Waals surface area contributed by atoms with Crippen LogP contribution >= 0.6 is 11.3 Å². The zero-order valence-electron chi connectivity index (χ0n) is 13.6. The number of nitrogens with one attached hydrogen (secondary N) is 1. The van der Waals surface area contributed by atoms with E-state index in [-0.39, 0.29) is 18.5 Å². The molecule has 0 spiro atoms. The first-order valence-corrected chi connectivity index (χ1v) is 8.52. The second-order valence-corrected chi connectivity index (χ2v) is 6.44. The van der Waals surface area contributed by atoms with Crippen LogP contribution in [-0.4, -0.2) is 44.8 Å². The molecule has 9 nitrogen and oxygen atoms in total. The summed E-state index contributed by atoms with van der Waals surface area (Å²) in [4.78, 5) is 30.3. The van der Waals surface area contributed by atoms with Crippen LogP contribution in [0.15, 0.2) is 12.7 Å². The molecule has 1 N–H and O–H groups in total. The number of carbonyl (C=O) groups is 2. The minimum absolute atomic E-state index is 0.0163. The van der Waals surface area contributed by atoms with Crippen LogP contribution in [0.2, 0.25) is 0 Å². The van der Waals surface area contributed by atoms with Crippen molar-refractivity contribution in [3.63, 3.8) is 0 Å². The van der Waals surface area contributed by atoms with Crippen LogP contribution in [0.25, 0.3) is 0 Å². The van der Waals surface area contributed by atoms with Crippen molar-refractivity contribution >= 4 is 28.3 Å². The summed E-state index contributed by atoms with van der Waals surface area (Å²) in [5.74, 6) is -0.289. The fourth-order valence-electron chi connectivity index (χ4n) is 2.61. The molecule has 130 valence electrons. The second-order valence-electron chi connectivity index (χ2n) is 5.33. The number of hydrogen-bond acceptors (Lipinski definition) is 7. The third-order valence-corrected chi connectivity index (χ3v) is 4.85. The minimum atomic E-state index is -0.364. The molecule has 10 heteroatoms. The fraction of sp³-hybridized carbons (Fsp3) is 0.400. The monoisotopic (exact) mass is 360 g/mol. The first-order chi connectivity index (χ1) is 12.1. The minimum Gasteiger partial charge on any atom is -0.450 e.